The molecule has 0 unspecified atom stereocenters. The van der Waals surface area contributed by atoms with Crippen LogP contribution >= 0.6 is 0 Å². The summed E-state index contributed by atoms with van der Waals surface area (Å²) >= 11 is 0. The molecule has 96 valence electrons. The van der Waals surface area contributed by atoms with Crippen molar-refractivity contribution in [1.82, 2.24) is 4.57 Å². The predicted octanol–water partition coefficient (Wildman–Crippen LogP) is 2.33. The highest BCUT2D eigenvalue weighted by atomic mass is 16.5. The third-order valence-electron chi connectivity index (χ3n) is 3.60. The maximum absolute atomic E-state index is 11.9. The molecule has 1 aliphatic rings. The second-order valence-electron chi connectivity index (χ2n) is 5.01. The maximum atomic E-state index is 11.9. The zero-order chi connectivity index (χ0) is 12.5. The van der Waals surface area contributed by atoms with Gasteiger partial charge in [-0.15, -0.1) is 0 Å². The molecule has 1 saturated heterocycles. The van der Waals surface area contributed by atoms with Crippen LogP contribution in [-0.4, -0.2) is 17.8 Å². The van der Waals surface area contributed by atoms with Crippen LogP contribution in [0.25, 0.3) is 11.1 Å². The van der Waals surface area contributed by atoms with Gasteiger partial charge in [0.2, 0.25) is 0 Å². The predicted molar refractivity (Wildman–Crippen MR) is 68.8 cm³/mol. The Labute approximate surface area is 105 Å². The van der Waals surface area contributed by atoms with E-state index in [0.717, 1.165) is 43.7 Å². The quantitative estimate of drug-likeness (QED) is 0.818. The fourth-order valence-corrected chi connectivity index (χ4v) is 2.53. The van der Waals surface area contributed by atoms with Crippen molar-refractivity contribution >= 4 is 11.1 Å². The van der Waals surface area contributed by atoms with E-state index >= 15 is 0 Å². The molecule has 1 aliphatic heterocycles. The molecule has 0 saturated carbocycles. The molecule has 1 aromatic carbocycles. The first-order valence-corrected chi connectivity index (χ1v) is 6.42. The van der Waals surface area contributed by atoms with Crippen LogP contribution in [0.1, 0.15) is 18.4 Å². The number of oxazole rings is 1. The largest absolute Gasteiger partial charge is 0.419 e. The van der Waals surface area contributed by atoms with Gasteiger partial charge in [0.1, 0.15) is 0 Å². The summed E-state index contributed by atoms with van der Waals surface area (Å²) in [5, 5.41) is 0. The maximum Gasteiger partial charge on any atom is 0.419 e. The third-order valence-corrected chi connectivity index (χ3v) is 3.60. The average molecular weight is 247 g/mol. The van der Waals surface area contributed by atoms with E-state index in [0.29, 0.717) is 11.5 Å². The van der Waals surface area contributed by atoms with Gasteiger partial charge in [-0.2, -0.15) is 0 Å². The van der Waals surface area contributed by atoms with E-state index in [4.69, 9.17) is 9.15 Å². The summed E-state index contributed by atoms with van der Waals surface area (Å²) in [6, 6.07) is 5.84. The number of ether oxygens (including phenoxy) is 1. The van der Waals surface area contributed by atoms with Gasteiger partial charge in [-0.3, -0.25) is 4.57 Å². The van der Waals surface area contributed by atoms with Gasteiger partial charge in [-0.25, -0.2) is 4.79 Å². The van der Waals surface area contributed by atoms with Gasteiger partial charge in [0.15, 0.2) is 5.58 Å². The number of rotatable bonds is 2. The Morgan fingerprint density at radius 2 is 2.11 bits per heavy atom. The van der Waals surface area contributed by atoms with Gasteiger partial charge >= 0.3 is 5.76 Å². The third kappa shape index (κ3) is 2.08. The van der Waals surface area contributed by atoms with E-state index in [1.54, 1.807) is 4.57 Å². The normalized spacial score (nSPS) is 17.4. The Morgan fingerprint density at radius 3 is 2.89 bits per heavy atom. The second kappa shape index (κ2) is 4.61. The summed E-state index contributed by atoms with van der Waals surface area (Å²) in [6.07, 6.45) is 2.04. The summed E-state index contributed by atoms with van der Waals surface area (Å²) in [5.74, 6) is 0.264. The van der Waals surface area contributed by atoms with E-state index < -0.39 is 0 Å². The average Bonchev–Trinajstić information content (AvgIpc) is 2.67. The van der Waals surface area contributed by atoms with Gasteiger partial charge < -0.3 is 9.15 Å². The first kappa shape index (κ1) is 11.5. The molecule has 4 heteroatoms. The topological polar surface area (TPSA) is 44.4 Å². The van der Waals surface area contributed by atoms with Crippen molar-refractivity contribution in [2.24, 2.45) is 5.92 Å². The molecule has 2 heterocycles. The lowest BCUT2D eigenvalue weighted by Crippen LogP contribution is -2.24. The number of benzene rings is 1. The first-order valence-electron chi connectivity index (χ1n) is 6.42. The van der Waals surface area contributed by atoms with Crippen LogP contribution in [0.3, 0.4) is 0 Å². The van der Waals surface area contributed by atoms with Crippen molar-refractivity contribution in [1.29, 1.82) is 0 Å². The lowest BCUT2D eigenvalue weighted by Gasteiger charge is -2.21. The molecule has 2 aromatic rings. The van der Waals surface area contributed by atoms with Crippen molar-refractivity contribution in [3.8, 4) is 0 Å². The molecule has 0 amide bonds. The zero-order valence-corrected chi connectivity index (χ0v) is 10.5. The van der Waals surface area contributed by atoms with E-state index in [-0.39, 0.29) is 5.76 Å². The van der Waals surface area contributed by atoms with E-state index in [1.165, 1.54) is 0 Å². The van der Waals surface area contributed by atoms with Crippen LogP contribution in [0, 0.1) is 12.8 Å². The fourth-order valence-electron chi connectivity index (χ4n) is 2.53. The second-order valence-corrected chi connectivity index (χ2v) is 5.01. The van der Waals surface area contributed by atoms with Crippen LogP contribution in [0.5, 0.6) is 0 Å². The molecular weight excluding hydrogens is 230 g/mol. The molecular formula is C14H17NO3. The minimum Gasteiger partial charge on any atom is -0.408 e. The number of nitrogens with zero attached hydrogens (tertiary/aromatic N) is 1. The Bertz CT molecular complexity index is 605. The minimum atomic E-state index is -0.248. The summed E-state index contributed by atoms with van der Waals surface area (Å²) in [7, 11) is 0. The van der Waals surface area contributed by atoms with Crippen LogP contribution in [-0.2, 0) is 11.3 Å². The van der Waals surface area contributed by atoms with Gasteiger partial charge in [-0.1, -0.05) is 6.07 Å². The summed E-state index contributed by atoms with van der Waals surface area (Å²) in [6.45, 7) is 4.36. The minimum absolute atomic E-state index is 0.248. The van der Waals surface area contributed by atoms with E-state index in [2.05, 4.69) is 0 Å². The molecule has 0 spiro atoms. The number of hydrogen-bond acceptors (Lipinski definition) is 3. The van der Waals surface area contributed by atoms with E-state index in [1.807, 2.05) is 25.1 Å². The highest BCUT2D eigenvalue weighted by molar-refractivity contribution is 5.73. The van der Waals surface area contributed by atoms with Crippen LogP contribution in [0.2, 0.25) is 0 Å². The Kier molecular flexibility index (Phi) is 2.96. The molecule has 4 nitrogen and oxygen atoms in total. The van der Waals surface area contributed by atoms with Crippen LogP contribution < -0.4 is 5.76 Å². The molecule has 3 rings (SSSR count). The number of hydrogen-bond donors (Lipinski definition) is 0. The van der Waals surface area contributed by atoms with Crippen molar-refractivity contribution < 1.29 is 9.15 Å². The molecule has 0 aliphatic carbocycles. The lowest BCUT2D eigenvalue weighted by atomic mass is 10.0. The Hall–Kier alpha value is -1.55. The molecule has 18 heavy (non-hydrogen) atoms. The van der Waals surface area contributed by atoms with Crippen molar-refractivity contribution in [2.45, 2.75) is 26.3 Å². The standard InChI is InChI=1S/C14H17NO3/c1-10-2-3-13-12(8-10)15(14(16)18-13)9-11-4-6-17-7-5-11/h2-3,8,11H,4-7,9H2,1H3. The Morgan fingerprint density at radius 1 is 1.33 bits per heavy atom. The zero-order valence-electron chi connectivity index (χ0n) is 10.5. The fraction of sp³-hybridized carbons (Fsp3) is 0.500. The van der Waals surface area contributed by atoms with Crippen LogP contribution in [0.4, 0.5) is 0 Å². The number of aromatic nitrogens is 1. The highest BCUT2D eigenvalue weighted by Gasteiger charge is 2.18. The van der Waals surface area contributed by atoms with Crippen molar-refractivity contribution in [2.75, 3.05) is 13.2 Å². The number of aryl methyl sites for hydroxylation is 1. The first-order chi connectivity index (χ1) is 8.74. The molecule has 1 aromatic heterocycles. The molecule has 0 atom stereocenters. The van der Waals surface area contributed by atoms with E-state index in [9.17, 15) is 4.79 Å². The van der Waals surface area contributed by atoms with Gasteiger partial charge in [0.05, 0.1) is 5.52 Å². The molecule has 0 radical (unpaired) electrons. The lowest BCUT2D eigenvalue weighted by molar-refractivity contribution is 0.0610. The Balaban J connectivity index is 1.97. The summed E-state index contributed by atoms with van der Waals surface area (Å²) in [4.78, 5) is 11.9. The van der Waals surface area contributed by atoms with Crippen molar-refractivity contribution in [3.63, 3.8) is 0 Å². The monoisotopic (exact) mass is 247 g/mol. The van der Waals surface area contributed by atoms with Gasteiger partial charge in [0, 0.05) is 19.8 Å². The molecule has 1 fully saturated rings. The van der Waals surface area contributed by atoms with Crippen molar-refractivity contribution in [3.05, 3.63) is 34.3 Å². The smallest absolute Gasteiger partial charge is 0.408 e. The summed E-state index contributed by atoms with van der Waals surface area (Å²) < 4.78 is 12.4. The van der Waals surface area contributed by atoms with Crippen LogP contribution in [0.15, 0.2) is 27.4 Å². The van der Waals surface area contributed by atoms with Gasteiger partial charge in [-0.05, 0) is 43.4 Å². The SMILES string of the molecule is Cc1ccc2oc(=O)n(CC3CCOCC3)c2c1. The number of fused-ring (bicyclic) bond motifs is 1. The molecule has 0 bridgehead atoms. The van der Waals surface area contributed by atoms with Gasteiger partial charge in [0.25, 0.3) is 0 Å². The molecule has 0 N–H and O–H groups in total. The highest BCUT2D eigenvalue weighted by Crippen LogP contribution is 2.20. The summed E-state index contributed by atoms with van der Waals surface area (Å²) in [5.41, 5.74) is 2.73.